The third-order valence-corrected chi connectivity index (χ3v) is 2.31. The number of anilines is 3. The summed E-state index contributed by atoms with van der Waals surface area (Å²) in [6.45, 7) is 0. The first-order valence-electron chi connectivity index (χ1n) is 4.59. The highest BCUT2D eigenvalue weighted by Crippen LogP contribution is 2.24. The van der Waals surface area contributed by atoms with Gasteiger partial charge in [-0.15, -0.1) is 0 Å². The van der Waals surface area contributed by atoms with Gasteiger partial charge in [0.25, 0.3) is 0 Å². The molecule has 0 aliphatic heterocycles. The number of aromatic nitrogens is 1. The Morgan fingerprint density at radius 2 is 2.06 bits per heavy atom. The third-order valence-electron chi connectivity index (χ3n) is 2.02. The van der Waals surface area contributed by atoms with E-state index in [0.29, 0.717) is 17.2 Å². The van der Waals surface area contributed by atoms with Gasteiger partial charge >= 0.3 is 0 Å². The summed E-state index contributed by atoms with van der Waals surface area (Å²) in [6.07, 6.45) is 1.52. The van der Waals surface area contributed by atoms with E-state index >= 15 is 0 Å². The molecular weight excluding hydrogens is 229 g/mol. The van der Waals surface area contributed by atoms with Gasteiger partial charge in [0, 0.05) is 0 Å². The van der Waals surface area contributed by atoms with Gasteiger partial charge in [-0.3, -0.25) is 0 Å². The molecule has 0 saturated carbocycles. The molecule has 3 N–H and O–H groups in total. The highest BCUT2D eigenvalue weighted by Gasteiger charge is 2.05. The minimum atomic E-state index is -0.485. The molecule has 0 aliphatic carbocycles. The summed E-state index contributed by atoms with van der Waals surface area (Å²) in [7, 11) is 0. The molecule has 0 spiro atoms. The second-order valence-electron chi connectivity index (χ2n) is 3.20. The highest BCUT2D eigenvalue weighted by molar-refractivity contribution is 6.31. The van der Waals surface area contributed by atoms with Crippen LogP contribution in [0.5, 0.6) is 0 Å². The lowest BCUT2D eigenvalue weighted by Gasteiger charge is -2.07. The molecule has 1 aromatic carbocycles. The third kappa shape index (κ3) is 2.23. The summed E-state index contributed by atoms with van der Waals surface area (Å²) >= 11 is 5.65. The minimum Gasteiger partial charge on any atom is -0.384 e. The van der Waals surface area contributed by atoms with Crippen LogP contribution in [0.15, 0.2) is 36.5 Å². The molecule has 0 unspecified atom stereocenters. The van der Waals surface area contributed by atoms with Crippen molar-refractivity contribution < 1.29 is 4.39 Å². The van der Waals surface area contributed by atoms with Crippen LogP contribution in [0.1, 0.15) is 0 Å². The lowest BCUT2D eigenvalue weighted by atomic mass is 10.3. The zero-order valence-corrected chi connectivity index (χ0v) is 9.00. The Kier molecular flexibility index (Phi) is 2.92. The molecule has 1 heterocycles. The maximum Gasteiger partial charge on any atom is 0.165 e. The van der Waals surface area contributed by atoms with Crippen molar-refractivity contribution in [3.05, 3.63) is 47.4 Å². The minimum absolute atomic E-state index is 0.0772. The number of benzene rings is 1. The van der Waals surface area contributed by atoms with Crippen molar-refractivity contribution >= 4 is 28.8 Å². The van der Waals surface area contributed by atoms with Gasteiger partial charge in [-0.1, -0.05) is 17.7 Å². The van der Waals surface area contributed by atoms with Gasteiger partial charge in [-0.05, 0) is 24.3 Å². The number of hydrogen-bond acceptors (Lipinski definition) is 3. The molecule has 2 aromatic rings. The Balaban J connectivity index is 2.27. The van der Waals surface area contributed by atoms with E-state index in [1.165, 1.54) is 12.3 Å². The summed E-state index contributed by atoms with van der Waals surface area (Å²) < 4.78 is 13.5. The van der Waals surface area contributed by atoms with E-state index in [-0.39, 0.29) is 5.02 Å². The predicted molar refractivity (Wildman–Crippen MR) is 63.3 cm³/mol. The topological polar surface area (TPSA) is 50.9 Å². The Hall–Kier alpha value is -1.81. The number of nitrogens with one attached hydrogen (secondary N) is 1. The largest absolute Gasteiger partial charge is 0.384 e. The molecule has 0 aliphatic rings. The highest BCUT2D eigenvalue weighted by atomic mass is 35.5. The SMILES string of the molecule is Nc1ccc(Nc2cccc(Cl)c2F)cn1. The van der Waals surface area contributed by atoms with Gasteiger partial charge in [0.2, 0.25) is 0 Å². The molecule has 2 rings (SSSR count). The van der Waals surface area contributed by atoms with Crippen LogP contribution in [0, 0.1) is 5.82 Å². The summed E-state index contributed by atoms with van der Waals surface area (Å²) in [5, 5.41) is 2.94. The van der Waals surface area contributed by atoms with Gasteiger partial charge in [-0.2, -0.15) is 0 Å². The Bertz CT molecular complexity index is 499. The van der Waals surface area contributed by atoms with E-state index in [0.717, 1.165) is 0 Å². The molecule has 3 nitrogen and oxygen atoms in total. The van der Waals surface area contributed by atoms with Crippen LogP contribution in [-0.2, 0) is 0 Å². The van der Waals surface area contributed by atoms with Crippen LogP contribution in [0.4, 0.5) is 21.6 Å². The predicted octanol–water partition coefficient (Wildman–Crippen LogP) is 3.20. The lowest BCUT2D eigenvalue weighted by molar-refractivity contribution is 0.632. The number of halogens is 2. The van der Waals surface area contributed by atoms with Gasteiger partial charge in [0.05, 0.1) is 22.6 Å². The van der Waals surface area contributed by atoms with Crippen molar-refractivity contribution in [1.82, 2.24) is 4.98 Å². The molecule has 0 fully saturated rings. The van der Waals surface area contributed by atoms with Crippen LogP contribution in [-0.4, -0.2) is 4.98 Å². The molecular formula is C11H9ClFN3. The van der Waals surface area contributed by atoms with E-state index in [4.69, 9.17) is 17.3 Å². The lowest BCUT2D eigenvalue weighted by Crippen LogP contribution is -1.96. The molecule has 0 amide bonds. The zero-order valence-electron chi connectivity index (χ0n) is 8.24. The van der Waals surface area contributed by atoms with E-state index in [1.807, 2.05) is 0 Å². The quantitative estimate of drug-likeness (QED) is 0.843. The molecule has 1 aromatic heterocycles. The van der Waals surface area contributed by atoms with E-state index in [1.54, 1.807) is 24.3 Å². The summed E-state index contributed by atoms with van der Waals surface area (Å²) in [5.74, 6) is -0.0712. The molecule has 0 atom stereocenters. The Morgan fingerprint density at radius 1 is 1.25 bits per heavy atom. The fourth-order valence-electron chi connectivity index (χ4n) is 1.24. The average Bonchev–Trinajstić information content (AvgIpc) is 2.28. The number of rotatable bonds is 2. The molecule has 82 valence electrons. The second kappa shape index (κ2) is 4.37. The van der Waals surface area contributed by atoms with Crippen LogP contribution in [0.2, 0.25) is 5.02 Å². The van der Waals surface area contributed by atoms with Gasteiger partial charge in [0.1, 0.15) is 5.82 Å². The normalized spacial score (nSPS) is 10.1. The van der Waals surface area contributed by atoms with Crippen molar-refractivity contribution in [2.75, 3.05) is 11.1 Å². The van der Waals surface area contributed by atoms with Crippen molar-refractivity contribution in [2.24, 2.45) is 0 Å². The number of hydrogen-bond donors (Lipinski definition) is 2. The first kappa shape index (κ1) is 10.7. The number of nitrogens with two attached hydrogens (primary N) is 1. The van der Waals surface area contributed by atoms with E-state index in [2.05, 4.69) is 10.3 Å². The zero-order chi connectivity index (χ0) is 11.5. The fourth-order valence-corrected chi connectivity index (χ4v) is 1.41. The van der Waals surface area contributed by atoms with Gasteiger partial charge in [0.15, 0.2) is 5.82 Å². The first-order chi connectivity index (χ1) is 7.66. The molecule has 0 radical (unpaired) electrons. The molecule has 0 saturated heterocycles. The van der Waals surface area contributed by atoms with Gasteiger partial charge in [-0.25, -0.2) is 9.37 Å². The first-order valence-corrected chi connectivity index (χ1v) is 4.97. The fraction of sp³-hybridized carbons (Fsp3) is 0. The molecule has 0 bridgehead atoms. The standard InChI is InChI=1S/C11H9ClFN3/c12-8-2-1-3-9(11(8)13)16-7-4-5-10(14)15-6-7/h1-6,16H,(H2,14,15). The Morgan fingerprint density at radius 3 is 2.75 bits per heavy atom. The van der Waals surface area contributed by atoms with Crippen molar-refractivity contribution in [1.29, 1.82) is 0 Å². The van der Waals surface area contributed by atoms with Crippen LogP contribution in [0.25, 0.3) is 0 Å². The van der Waals surface area contributed by atoms with Crippen LogP contribution in [0.3, 0.4) is 0 Å². The smallest absolute Gasteiger partial charge is 0.165 e. The maximum absolute atomic E-state index is 13.5. The molecule has 5 heteroatoms. The second-order valence-corrected chi connectivity index (χ2v) is 3.61. The number of pyridine rings is 1. The van der Waals surface area contributed by atoms with Crippen molar-refractivity contribution in [3.8, 4) is 0 Å². The summed E-state index contributed by atoms with van der Waals surface area (Å²) in [5.41, 5.74) is 6.39. The van der Waals surface area contributed by atoms with Crippen LogP contribution < -0.4 is 11.1 Å². The summed E-state index contributed by atoms with van der Waals surface area (Å²) in [6, 6.07) is 8.09. The van der Waals surface area contributed by atoms with Crippen LogP contribution >= 0.6 is 11.6 Å². The number of nitrogen functional groups attached to an aromatic ring is 1. The van der Waals surface area contributed by atoms with Gasteiger partial charge < -0.3 is 11.1 Å². The number of nitrogens with zero attached hydrogens (tertiary/aromatic N) is 1. The summed E-state index contributed by atoms with van der Waals surface area (Å²) in [4.78, 5) is 3.89. The maximum atomic E-state index is 13.5. The van der Waals surface area contributed by atoms with Crippen molar-refractivity contribution in [3.63, 3.8) is 0 Å². The van der Waals surface area contributed by atoms with E-state index < -0.39 is 5.82 Å². The van der Waals surface area contributed by atoms with Crippen molar-refractivity contribution in [2.45, 2.75) is 0 Å². The monoisotopic (exact) mass is 237 g/mol. The Labute approximate surface area is 97.1 Å². The molecule has 16 heavy (non-hydrogen) atoms. The van der Waals surface area contributed by atoms with E-state index in [9.17, 15) is 4.39 Å². The average molecular weight is 238 g/mol.